The van der Waals surface area contributed by atoms with Crippen LogP contribution in [0.25, 0.3) is 0 Å². The fourth-order valence-corrected chi connectivity index (χ4v) is 2.82. The van der Waals surface area contributed by atoms with Gasteiger partial charge in [0.15, 0.2) is 0 Å². The van der Waals surface area contributed by atoms with Crippen molar-refractivity contribution in [3.8, 4) is 0 Å². The number of nitrogens with one attached hydrogen (secondary N) is 1. The van der Waals surface area contributed by atoms with E-state index in [9.17, 15) is 5.11 Å². The Labute approximate surface area is 109 Å². The van der Waals surface area contributed by atoms with Gasteiger partial charge < -0.3 is 10.4 Å². The second kappa shape index (κ2) is 5.85. The van der Waals surface area contributed by atoms with Crippen LogP contribution < -0.4 is 5.32 Å². The maximum atomic E-state index is 10.5. The Hall–Kier alpha value is -0.870. The molecule has 0 bridgehead atoms. The molecule has 1 saturated carbocycles. The molecule has 2 N–H and O–H groups in total. The van der Waals surface area contributed by atoms with E-state index in [1.807, 2.05) is 18.7 Å². The summed E-state index contributed by atoms with van der Waals surface area (Å²) in [6, 6.07) is 2.09. The molecule has 4 heteroatoms. The van der Waals surface area contributed by atoms with Crippen molar-refractivity contribution in [2.45, 2.75) is 57.6 Å². The van der Waals surface area contributed by atoms with Crippen LogP contribution in [-0.4, -0.2) is 27.0 Å². The first-order chi connectivity index (χ1) is 8.59. The van der Waals surface area contributed by atoms with Crippen LogP contribution in [-0.2, 0) is 13.6 Å². The monoisotopic (exact) mass is 251 g/mol. The summed E-state index contributed by atoms with van der Waals surface area (Å²) in [7, 11) is 1.96. The Morgan fingerprint density at radius 1 is 1.33 bits per heavy atom. The summed E-state index contributed by atoms with van der Waals surface area (Å²) in [4.78, 5) is 0. The highest BCUT2D eigenvalue weighted by Gasteiger charge is 2.27. The maximum absolute atomic E-state index is 10.5. The largest absolute Gasteiger partial charge is 0.389 e. The zero-order valence-electron chi connectivity index (χ0n) is 11.6. The standard InChI is InChI=1S/C14H25N3O/c1-12-9-13(17(2)16-12)10-15-11-14(18)7-5-3-4-6-8-14/h9,15,18H,3-8,10-11H2,1-2H3. The number of hydrogen-bond donors (Lipinski definition) is 2. The molecule has 0 aromatic carbocycles. The van der Waals surface area contributed by atoms with Crippen LogP contribution in [0.5, 0.6) is 0 Å². The summed E-state index contributed by atoms with van der Waals surface area (Å²) in [5.74, 6) is 0. The third kappa shape index (κ3) is 3.56. The molecule has 4 nitrogen and oxygen atoms in total. The van der Waals surface area contributed by atoms with Crippen LogP contribution in [0.3, 0.4) is 0 Å². The van der Waals surface area contributed by atoms with E-state index in [4.69, 9.17) is 0 Å². The Morgan fingerprint density at radius 2 is 2.00 bits per heavy atom. The van der Waals surface area contributed by atoms with Crippen molar-refractivity contribution in [1.29, 1.82) is 0 Å². The lowest BCUT2D eigenvalue weighted by molar-refractivity contribution is 0.0249. The molecule has 1 fully saturated rings. The molecule has 102 valence electrons. The lowest BCUT2D eigenvalue weighted by Gasteiger charge is -2.26. The SMILES string of the molecule is Cc1cc(CNCC2(O)CCCCCC2)n(C)n1. The molecule has 0 saturated heterocycles. The zero-order chi connectivity index (χ0) is 13.0. The fourth-order valence-electron chi connectivity index (χ4n) is 2.82. The summed E-state index contributed by atoms with van der Waals surface area (Å²) >= 11 is 0. The Morgan fingerprint density at radius 3 is 2.56 bits per heavy atom. The molecule has 1 heterocycles. The normalized spacial score (nSPS) is 19.7. The molecule has 1 aliphatic carbocycles. The lowest BCUT2D eigenvalue weighted by atomic mass is 9.94. The third-order valence-electron chi connectivity index (χ3n) is 3.89. The molecule has 1 aliphatic rings. The van der Waals surface area contributed by atoms with Crippen molar-refractivity contribution >= 4 is 0 Å². The van der Waals surface area contributed by atoms with Gasteiger partial charge in [0, 0.05) is 20.1 Å². The molecule has 2 rings (SSSR count). The van der Waals surface area contributed by atoms with Crippen LogP contribution >= 0.6 is 0 Å². The van der Waals surface area contributed by atoms with Gasteiger partial charge in [-0.3, -0.25) is 4.68 Å². The van der Waals surface area contributed by atoms with Gasteiger partial charge in [-0.1, -0.05) is 25.7 Å². The number of hydrogen-bond acceptors (Lipinski definition) is 3. The first-order valence-electron chi connectivity index (χ1n) is 7.02. The Kier molecular flexibility index (Phi) is 4.40. The molecular formula is C14H25N3O. The first-order valence-corrected chi connectivity index (χ1v) is 7.02. The van der Waals surface area contributed by atoms with E-state index in [1.165, 1.54) is 18.5 Å². The van der Waals surface area contributed by atoms with E-state index >= 15 is 0 Å². The first kappa shape index (κ1) is 13.6. The Bertz CT molecular complexity index is 378. The molecule has 0 unspecified atom stereocenters. The van der Waals surface area contributed by atoms with Crippen LogP contribution in [0, 0.1) is 6.92 Å². The molecule has 0 aliphatic heterocycles. The van der Waals surface area contributed by atoms with Gasteiger partial charge in [0.2, 0.25) is 0 Å². The van der Waals surface area contributed by atoms with E-state index < -0.39 is 5.60 Å². The highest BCUT2D eigenvalue weighted by atomic mass is 16.3. The molecule has 18 heavy (non-hydrogen) atoms. The molecule has 0 radical (unpaired) electrons. The number of aryl methyl sites for hydroxylation is 2. The minimum absolute atomic E-state index is 0.496. The lowest BCUT2D eigenvalue weighted by Crippen LogP contribution is -2.40. The van der Waals surface area contributed by atoms with Gasteiger partial charge in [-0.15, -0.1) is 0 Å². The quantitative estimate of drug-likeness (QED) is 0.804. The van der Waals surface area contributed by atoms with Gasteiger partial charge in [-0.05, 0) is 25.8 Å². The topological polar surface area (TPSA) is 50.1 Å². The number of aliphatic hydroxyl groups is 1. The van der Waals surface area contributed by atoms with Gasteiger partial charge in [-0.2, -0.15) is 5.10 Å². The van der Waals surface area contributed by atoms with Crippen molar-refractivity contribution in [3.05, 3.63) is 17.5 Å². The summed E-state index contributed by atoms with van der Waals surface area (Å²) < 4.78 is 1.90. The maximum Gasteiger partial charge on any atom is 0.0771 e. The predicted molar refractivity (Wildman–Crippen MR) is 72.3 cm³/mol. The van der Waals surface area contributed by atoms with Gasteiger partial charge >= 0.3 is 0 Å². The number of aromatic nitrogens is 2. The van der Waals surface area contributed by atoms with Crippen molar-refractivity contribution in [2.24, 2.45) is 7.05 Å². The summed E-state index contributed by atoms with van der Waals surface area (Å²) in [5, 5.41) is 18.2. The molecule has 0 amide bonds. The highest BCUT2D eigenvalue weighted by Crippen LogP contribution is 2.26. The number of nitrogens with zero attached hydrogens (tertiary/aromatic N) is 2. The molecule has 0 atom stereocenters. The highest BCUT2D eigenvalue weighted by molar-refractivity contribution is 5.08. The molecule has 1 aromatic rings. The molecular weight excluding hydrogens is 226 g/mol. The van der Waals surface area contributed by atoms with E-state index in [0.717, 1.165) is 37.9 Å². The Balaban J connectivity index is 1.82. The average Bonchev–Trinajstić information content (AvgIpc) is 2.51. The van der Waals surface area contributed by atoms with Gasteiger partial charge in [0.25, 0.3) is 0 Å². The van der Waals surface area contributed by atoms with Crippen LogP contribution in [0.4, 0.5) is 0 Å². The smallest absolute Gasteiger partial charge is 0.0771 e. The summed E-state index contributed by atoms with van der Waals surface area (Å²) in [6.07, 6.45) is 6.72. The van der Waals surface area contributed by atoms with Gasteiger partial charge in [-0.25, -0.2) is 0 Å². The predicted octanol–water partition coefficient (Wildman–Crippen LogP) is 1.90. The van der Waals surface area contributed by atoms with E-state index in [2.05, 4.69) is 16.5 Å². The number of rotatable bonds is 4. The van der Waals surface area contributed by atoms with E-state index in [-0.39, 0.29) is 0 Å². The van der Waals surface area contributed by atoms with Crippen molar-refractivity contribution in [2.75, 3.05) is 6.54 Å². The average molecular weight is 251 g/mol. The van der Waals surface area contributed by atoms with Gasteiger partial charge in [0.05, 0.1) is 17.0 Å². The molecule has 1 aromatic heterocycles. The van der Waals surface area contributed by atoms with Crippen LogP contribution in [0.1, 0.15) is 49.9 Å². The van der Waals surface area contributed by atoms with Gasteiger partial charge in [0.1, 0.15) is 0 Å². The van der Waals surface area contributed by atoms with Crippen molar-refractivity contribution < 1.29 is 5.11 Å². The zero-order valence-corrected chi connectivity index (χ0v) is 11.6. The van der Waals surface area contributed by atoms with Crippen LogP contribution in [0.15, 0.2) is 6.07 Å². The van der Waals surface area contributed by atoms with E-state index in [0.29, 0.717) is 6.54 Å². The third-order valence-corrected chi connectivity index (χ3v) is 3.89. The van der Waals surface area contributed by atoms with Crippen molar-refractivity contribution in [3.63, 3.8) is 0 Å². The minimum Gasteiger partial charge on any atom is -0.389 e. The van der Waals surface area contributed by atoms with Crippen molar-refractivity contribution in [1.82, 2.24) is 15.1 Å². The summed E-state index contributed by atoms with van der Waals surface area (Å²) in [5.41, 5.74) is 1.72. The second-order valence-electron chi connectivity index (χ2n) is 5.64. The van der Waals surface area contributed by atoms with E-state index in [1.54, 1.807) is 0 Å². The fraction of sp³-hybridized carbons (Fsp3) is 0.786. The second-order valence-corrected chi connectivity index (χ2v) is 5.64. The minimum atomic E-state index is -0.496. The van der Waals surface area contributed by atoms with Crippen LogP contribution in [0.2, 0.25) is 0 Å². The molecule has 0 spiro atoms. The summed E-state index contributed by atoms with van der Waals surface area (Å²) in [6.45, 7) is 3.47.